The zero-order valence-electron chi connectivity index (χ0n) is 14.7. The molecule has 1 aromatic carbocycles. The van der Waals surface area contributed by atoms with Crippen molar-refractivity contribution in [2.75, 3.05) is 11.9 Å². The van der Waals surface area contributed by atoms with Crippen molar-refractivity contribution in [3.63, 3.8) is 0 Å². The molecule has 0 radical (unpaired) electrons. The maximum atomic E-state index is 12.5. The zero-order valence-corrected chi connectivity index (χ0v) is 15.5. The molecule has 0 unspecified atom stereocenters. The van der Waals surface area contributed by atoms with Crippen LogP contribution in [0, 0.1) is 0 Å². The Morgan fingerprint density at radius 3 is 2.39 bits per heavy atom. The number of halogens is 3. The maximum Gasteiger partial charge on any atom is 0.416 e. The van der Waals surface area contributed by atoms with E-state index in [9.17, 15) is 18.0 Å². The van der Waals surface area contributed by atoms with Crippen molar-refractivity contribution in [1.82, 2.24) is 15.3 Å². The van der Waals surface area contributed by atoms with E-state index in [1.807, 2.05) is 6.07 Å². The number of rotatable bonds is 7. The van der Waals surface area contributed by atoms with Crippen molar-refractivity contribution in [2.45, 2.75) is 19.1 Å². The van der Waals surface area contributed by atoms with Crippen molar-refractivity contribution < 1.29 is 18.0 Å². The highest BCUT2D eigenvalue weighted by Crippen LogP contribution is 2.29. The third-order valence-corrected chi connectivity index (χ3v) is 4.52. The third kappa shape index (κ3) is 5.61. The minimum absolute atomic E-state index is 0.306. The van der Waals surface area contributed by atoms with Gasteiger partial charge in [-0.1, -0.05) is 18.2 Å². The first-order valence-corrected chi connectivity index (χ1v) is 9.37. The first-order chi connectivity index (χ1) is 13.4. The van der Waals surface area contributed by atoms with Crippen molar-refractivity contribution in [1.29, 1.82) is 0 Å². The smallest absolute Gasteiger partial charge is 0.312 e. The Morgan fingerprint density at radius 1 is 1.04 bits per heavy atom. The van der Waals surface area contributed by atoms with Crippen molar-refractivity contribution in [3.8, 4) is 0 Å². The van der Waals surface area contributed by atoms with Crippen LogP contribution < -0.4 is 10.6 Å². The molecule has 5 nitrogen and oxygen atoms in total. The minimum Gasteiger partial charge on any atom is -0.312 e. The summed E-state index contributed by atoms with van der Waals surface area (Å²) in [6.45, 7) is 1.13. The Labute approximate surface area is 163 Å². The van der Waals surface area contributed by atoms with Crippen LogP contribution in [0.5, 0.6) is 0 Å². The molecule has 146 valence electrons. The first kappa shape index (κ1) is 20.0. The molecule has 28 heavy (non-hydrogen) atoms. The molecule has 2 aromatic heterocycles. The number of amides is 1. The van der Waals surface area contributed by atoms with Gasteiger partial charge in [0.1, 0.15) is 11.5 Å². The number of carbonyl (C=O) groups excluding carboxylic acids is 1. The average Bonchev–Trinajstić information content (AvgIpc) is 3.21. The molecule has 0 aliphatic rings. The van der Waals surface area contributed by atoms with Crippen LogP contribution >= 0.6 is 11.3 Å². The Morgan fingerprint density at radius 2 is 1.79 bits per heavy atom. The van der Waals surface area contributed by atoms with Crippen LogP contribution in [0.25, 0.3) is 0 Å². The van der Waals surface area contributed by atoms with Gasteiger partial charge in [-0.25, -0.2) is 9.97 Å². The molecule has 9 heteroatoms. The van der Waals surface area contributed by atoms with E-state index in [4.69, 9.17) is 0 Å². The summed E-state index contributed by atoms with van der Waals surface area (Å²) < 4.78 is 37.6. The summed E-state index contributed by atoms with van der Waals surface area (Å²) in [7, 11) is 0. The molecular formula is C19H17F3N4OS. The highest BCUT2D eigenvalue weighted by Gasteiger charge is 2.29. The van der Waals surface area contributed by atoms with E-state index in [0.717, 1.165) is 23.3 Å². The number of thiazole rings is 1. The fourth-order valence-electron chi connectivity index (χ4n) is 2.43. The molecule has 0 atom stereocenters. The second-order valence-electron chi connectivity index (χ2n) is 6.00. The summed E-state index contributed by atoms with van der Waals surface area (Å²) in [5.74, 6) is 0.138. The van der Waals surface area contributed by atoms with Gasteiger partial charge in [0.05, 0.1) is 11.1 Å². The van der Waals surface area contributed by atoms with Gasteiger partial charge in [0.2, 0.25) is 0 Å². The number of anilines is 1. The molecule has 0 bridgehead atoms. The Bertz CT molecular complexity index is 894. The van der Waals surface area contributed by atoms with Gasteiger partial charge in [0.15, 0.2) is 0 Å². The largest absolute Gasteiger partial charge is 0.416 e. The quantitative estimate of drug-likeness (QED) is 0.579. The molecule has 0 aliphatic carbocycles. The number of alkyl halides is 3. The normalized spacial score (nSPS) is 11.4. The maximum absolute atomic E-state index is 12.5. The fraction of sp³-hybridized carbons (Fsp3) is 0.211. The first-order valence-electron chi connectivity index (χ1n) is 8.43. The summed E-state index contributed by atoms with van der Waals surface area (Å²) in [6.07, 6.45) is -1.94. The summed E-state index contributed by atoms with van der Waals surface area (Å²) in [5, 5.41) is 7.52. The highest BCUT2D eigenvalue weighted by molar-refractivity contribution is 7.07. The van der Waals surface area contributed by atoms with Gasteiger partial charge in [0, 0.05) is 18.1 Å². The molecule has 3 rings (SSSR count). The lowest BCUT2D eigenvalue weighted by Gasteiger charge is -2.09. The average molecular weight is 406 g/mol. The second kappa shape index (κ2) is 8.94. The van der Waals surface area contributed by atoms with Gasteiger partial charge in [0.25, 0.3) is 5.91 Å². The van der Waals surface area contributed by atoms with Crippen LogP contribution in [0.2, 0.25) is 0 Å². The summed E-state index contributed by atoms with van der Waals surface area (Å²) in [5.41, 5.74) is 3.05. The molecule has 0 fully saturated rings. The summed E-state index contributed by atoms with van der Waals surface area (Å²) >= 11 is 1.34. The predicted octanol–water partition coefficient (Wildman–Crippen LogP) is 4.14. The van der Waals surface area contributed by atoms with E-state index in [1.165, 1.54) is 23.5 Å². The van der Waals surface area contributed by atoms with E-state index in [-0.39, 0.29) is 5.91 Å². The van der Waals surface area contributed by atoms with Crippen LogP contribution in [-0.2, 0) is 19.1 Å². The molecule has 2 N–H and O–H groups in total. The van der Waals surface area contributed by atoms with Gasteiger partial charge in [-0.15, -0.1) is 11.3 Å². The number of benzene rings is 1. The summed E-state index contributed by atoms with van der Waals surface area (Å²) in [4.78, 5) is 20.0. The Kier molecular flexibility index (Phi) is 6.37. The number of carbonyl (C=O) groups is 1. The molecule has 0 saturated heterocycles. The number of pyridine rings is 1. The van der Waals surface area contributed by atoms with Crippen molar-refractivity contribution in [2.24, 2.45) is 0 Å². The van der Waals surface area contributed by atoms with Crippen LogP contribution in [0.4, 0.5) is 19.0 Å². The number of aromatic nitrogens is 2. The molecule has 3 aromatic rings. The minimum atomic E-state index is -4.31. The van der Waals surface area contributed by atoms with E-state index >= 15 is 0 Å². The Balaban J connectivity index is 1.42. The topological polar surface area (TPSA) is 66.9 Å². The van der Waals surface area contributed by atoms with Crippen molar-refractivity contribution in [3.05, 3.63) is 75.9 Å². The van der Waals surface area contributed by atoms with E-state index in [0.29, 0.717) is 31.0 Å². The van der Waals surface area contributed by atoms with Crippen LogP contribution in [0.1, 0.15) is 27.2 Å². The SMILES string of the molecule is O=C(Nc1ccc(CCNCc2ccc(C(F)(F)F)cc2)cn1)c1cscn1. The van der Waals surface area contributed by atoms with Crippen LogP contribution in [0.15, 0.2) is 53.5 Å². The molecule has 0 saturated carbocycles. The van der Waals surface area contributed by atoms with Gasteiger partial charge in [-0.05, 0) is 42.3 Å². The van der Waals surface area contributed by atoms with Crippen LogP contribution in [-0.4, -0.2) is 22.4 Å². The highest BCUT2D eigenvalue weighted by atomic mass is 32.1. The molecular weight excluding hydrogens is 389 g/mol. The number of hydrogen-bond donors (Lipinski definition) is 2. The molecule has 2 heterocycles. The van der Waals surface area contributed by atoms with E-state index in [2.05, 4.69) is 20.6 Å². The lowest BCUT2D eigenvalue weighted by atomic mass is 10.1. The fourth-order valence-corrected chi connectivity index (χ4v) is 2.96. The van der Waals surface area contributed by atoms with Gasteiger partial charge < -0.3 is 10.6 Å². The number of nitrogens with zero attached hydrogens (tertiary/aromatic N) is 2. The third-order valence-electron chi connectivity index (χ3n) is 3.93. The molecule has 0 spiro atoms. The standard InChI is InChI=1S/C19H17F3N4OS/c20-19(21,22)15-4-1-13(2-5-15)9-23-8-7-14-3-6-17(24-10-14)26-18(27)16-11-28-12-25-16/h1-6,10-12,23H,7-9H2,(H,24,26,27). The van der Waals surface area contributed by atoms with E-state index in [1.54, 1.807) is 23.2 Å². The second-order valence-corrected chi connectivity index (χ2v) is 6.72. The number of nitrogens with one attached hydrogen (secondary N) is 2. The van der Waals surface area contributed by atoms with Gasteiger partial charge in [-0.3, -0.25) is 4.79 Å². The zero-order chi connectivity index (χ0) is 20.0. The summed E-state index contributed by atoms with van der Waals surface area (Å²) in [6, 6.07) is 8.69. The lowest BCUT2D eigenvalue weighted by molar-refractivity contribution is -0.137. The predicted molar refractivity (Wildman–Crippen MR) is 101 cm³/mol. The van der Waals surface area contributed by atoms with Gasteiger partial charge in [-0.2, -0.15) is 13.2 Å². The van der Waals surface area contributed by atoms with E-state index < -0.39 is 11.7 Å². The van der Waals surface area contributed by atoms with Crippen molar-refractivity contribution >= 4 is 23.1 Å². The van der Waals surface area contributed by atoms with Gasteiger partial charge >= 0.3 is 6.18 Å². The lowest BCUT2D eigenvalue weighted by Crippen LogP contribution is -2.17. The molecule has 0 aliphatic heterocycles. The Hall–Kier alpha value is -2.78. The number of hydrogen-bond acceptors (Lipinski definition) is 5. The molecule has 1 amide bonds. The van der Waals surface area contributed by atoms with Crippen LogP contribution in [0.3, 0.4) is 0 Å². The monoisotopic (exact) mass is 406 g/mol.